The van der Waals surface area contributed by atoms with Crippen LogP contribution in [0.4, 0.5) is 0 Å². The van der Waals surface area contributed by atoms with Gasteiger partial charge in [-0.2, -0.15) is 0 Å². The normalized spacial score (nSPS) is 10.4. The van der Waals surface area contributed by atoms with E-state index < -0.39 is 0 Å². The third-order valence-electron chi connectivity index (χ3n) is 2.58. The summed E-state index contributed by atoms with van der Waals surface area (Å²) in [7, 11) is 0. The first-order valence-corrected chi connectivity index (χ1v) is 6.08. The molecule has 0 radical (unpaired) electrons. The van der Waals surface area contributed by atoms with Crippen molar-refractivity contribution in [2.75, 3.05) is 0 Å². The smallest absolute Gasteiger partial charge is 0.125 e. The van der Waals surface area contributed by atoms with Gasteiger partial charge in [-0.3, -0.25) is 4.98 Å². The van der Waals surface area contributed by atoms with Gasteiger partial charge in [0.15, 0.2) is 0 Å². The first-order valence-electron chi connectivity index (χ1n) is 5.71. The van der Waals surface area contributed by atoms with Crippen LogP contribution >= 0.6 is 11.6 Å². The third-order valence-corrected chi connectivity index (χ3v) is 2.81. The van der Waals surface area contributed by atoms with E-state index in [9.17, 15) is 0 Å². The van der Waals surface area contributed by atoms with Crippen molar-refractivity contribution in [3.8, 4) is 5.75 Å². The van der Waals surface area contributed by atoms with Crippen molar-refractivity contribution in [3.63, 3.8) is 0 Å². The molecule has 0 aliphatic carbocycles. The molecule has 0 unspecified atom stereocenters. The summed E-state index contributed by atoms with van der Waals surface area (Å²) in [6.45, 7) is 2.89. The van der Waals surface area contributed by atoms with Crippen LogP contribution in [0.1, 0.15) is 16.7 Å². The number of nitrogens with two attached hydrogens (primary N) is 1. The lowest BCUT2D eigenvalue weighted by molar-refractivity contribution is 0.302. The highest BCUT2D eigenvalue weighted by Gasteiger charge is 2.04. The lowest BCUT2D eigenvalue weighted by Gasteiger charge is -2.11. The Bertz CT molecular complexity index is 543. The summed E-state index contributed by atoms with van der Waals surface area (Å²) in [5.41, 5.74) is 8.74. The first kappa shape index (κ1) is 12.9. The second-order valence-corrected chi connectivity index (χ2v) is 4.55. The van der Waals surface area contributed by atoms with E-state index in [1.54, 1.807) is 12.3 Å². The Morgan fingerprint density at radius 1 is 1.28 bits per heavy atom. The standard InChI is InChI=1S/C14H15ClN2O/c1-10-4-11(8-17-7-10)9-18-14-5-13(15)3-2-12(14)6-16/h2-5,7-8H,6,9,16H2,1H3. The molecule has 94 valence electrons. The lowest BCUT2D eigenvalue weighted by Crippen LogP contribution is -2.03. The fourth-order valence-corrected chi connectivity index (χ4v) is 1.85. The van der Waals surface area contributed by atoms with Crippen LogP contribution in [-0.4, -0.2) is 4.98 Å². The Kier molecular flexibility index (Phi) is 4.18. The summed E-state index contributed by atoms with van der Waals surface area (Å²) in [4.78, 5) is 4.13. The Balaban J connectivity index is 2.12. The molecule has 4 heteroatoms. The minimum atomic E-state index is 0.429. The minimum Gasteiger partial charge on any atom is -0.488 e. The predicted molar refractivity (Wildman–Crippen MR) is 72.6 cm³/mol. The molecule has 0 saturated heterocycles. The van der Waals surface area contributed by atoms with Gasteiger partial charge in [0.2, 0.25) is 0 Å². The number of hydrogen-bond donors (Lipinski definition) is 1. The number of nitrogens with zero attached hydrogens (tertiary/aromatic N) is 1. The van der Waals surface area contributed by atoms with E-state index in [0.717, 1.165) is 22.4 Å². The van der Waals surface area contributed by atoms with Gasteiger partial charge in [-0.25, -0.2) is 0 Å². The van der Waals surface area contributed by atoms with Gasteiger partial charge in [0.05, 0.1) is 0 Å². The van der Waals surface area contributed by atoms with Gasteiger partial charge in [0, 0.05) is 35.1 Å². The number of halogens is 1. The quantitative estimate of drug-likeness (QED) is 0.921. The molecule has 0 amide bonds. The SMILES string of the molecule is Cc1cncc(COc2cc(Cl)ccc2CN)c1. The van der Waals surface area contributed by atoms with Gasteiger partial charge < -0.3 is 10.5 Å². The number of pyridine rings is 1. The van der Waals surface area contributed by atoms with Crippen LogP contribution in [-0.2, 0) is 13.2 Å². The molecule has 2 rings (SSSR count). The molecule has 0 fully saturated rings. The van der Waals surface area contributed by atoms with Gasteiger partial charge in [-0.1, -0.05) is 17.7 Å². The number of aryl methyl sites for hydroxylation is 1. The maximum absolute atomic E-state index is 5.95. The molecule has 1 aromatic heterocycles. The van der Waals surface area contributed by atoms with Crippen LogP contribution in [0, 0.1) is 6.92 Å². The minimum absolute atomic E-state index is 0.429. The molecular weight excluding hydrogens is 248 g/mol. The summed E-state index contributed by atoms with van der Waals surface area (Å²) in [6.07, 6.45) is 3.61. The highest BCUT2D eigenvalue weighted by Crippen LogP contribution is 2.24. The number of ether oxygens (including phenoxy) is 1. The van der Waals surface area contributed by atoms with Crippen molar-refractivity contribution >= 4 is 11.6 Å². The maximum Gasteiger partial charge on any atom is 0.125 e. The monoisotopic (exact) mass is 262 g/mol. The Labute approximate surface area is 112 Å². The molecule has 18 heavy (non-hydrogen) atoms. The Hall–Kier alpha value is -1.58. The topological polar surface area (TPSA) is 48.1 Å². The van der Waals surface area contributed by atoms with E-state index >= 15 is 0 Å². The van der Waals surface area contributed by atoms with Crippen molar-refractivity contribution in [2.45, 2.75) is 20.1 Å². The van der Waals surface area contributed by atoms with Gasteiger partial charge in [0.1, 0.15) is 12.4 Å². The van der Waals surface area contributed by atoms with Crippen LogP contribution in [0.15, 0.2) is 36.7 Å². The van der Waals surface area contributed by atoms with Crippen LogP contribution in [0.25, 0.3) is 0 Å². The van der Waals surface area contributed by atoms with E-state index in [2.05, 4.69) is 4.98 Å². The van der Waals surface area contributed by atoms with Crippen molar-refractivity contribution in [1.29, 1.82) is 0 Å². The van der Waals surface area contributed by atoms with Gasteiger partial charge >= 0.3 is 0 Å². The van der Waals surface area contributed by atoms with Crippen LogP contribution < -0.4 is 10.5 Å². The zero-order chi connectivity index (χ0) is 13.0. The molecule has 1 aromatic carbocycles. The second-order valence-electron chi connectivity index (χ2n) is 4.12. The number of aromatic nitrogens is 1. The Morgan fingerprint density at radius 3 is 2.83 bits per heavy atom. The molecule has 1 heterocycles. The summed E-state index contributed by atoms with van der Waals surface area (Å²) >= 11 is 5.95. The number of hydrogen-bond acceptors (Lipinski definition) is 3. The van der Waals surface area contributed by atoms with Gasteiger partial charge in [0.25, 0.3) is 0 Å². The average molecular weight is 263 g/mol. The molecule has 2 aromatic rings. The van der Waals surface area contributed by atoms with Gasteiger partial charge in [-0.15, -0.1) is 0 Å². The van der Waals surface area contributed by atoms with Crippen molar-refractivity contribution in [3.05, 3.63) is 58.4 Å². The molecule has 0 aliphatic heterocycles. The van der Waals surface area contributed by atoms with Gasteiger partial charge in [-0.05, 0) is 30.7 Å². The van der Waals surface area contributed by atoms with Crippen LogP contribution in [0.3, 0.4) is 0 Å². The molecule has 0 atom stereocenters. The molecule has 0 aliphatic rings. The molecule has 0 saturated carbocycles. The van der Waals surface area contributed by atoms with E-state index in [4.69, 9.17) is 22.1 Å². The van der Waals surface area contributed by atoms with Crippen molar-refractivity contribution in [2.24, 2.45) is 5.73 Å². The Morgan fingerprint density at radius 2 is 2.11 bits per heavy atom. The van der Waals surface area contributed by atoms with E-state index in [1.807, 2.05) is 31.3 Å². The van der Waals surface area contributed by atoms with Crippen molar-refractivity contribution < 1.29 is 4.74 Å². The highest BCUT2D eigenvalue weighted by molar-refractivity contribution is 6.30. The third kappa shape index (κ3) is 3.22. The molecular formula is C14H15ClN2O. The second kappa shape index (κ2) is 5.85. The average Bonchev–Trinajstić information content (AvgIpc) is 2.37. The van der Waals surface area contributed by atoms with Crippen LogP contribution in [0.2, 0.25) is 5.02 Å². The molecule has 0 bridgehead atoms. The summed E-state index contributed by atoms with van der Waals surface area (Å²) in [6, 6.07) is 7.52. The fourth-order valence-electron chi connectivity index (χ4n) is 1.69. The highest BCUT2D eigenvalue weighted by atomic mass is 35.5. The van der Waals surface area contributed by atoms with E-state index in [0.29, 0.717) is 18.2 Å². The van der Waals surface area contributed by atoms with E-state index in [-0.39, 0.29) is 0 Å². The largest absolute Gasteiger partial charge is 0.488 e. The molecule has 3 nitrogen and oxygen atoms in total. The predicted octanol–water partition coefficient (Wildman–Crippen LogP) is 3.08. The number of benzene rings is 1. The zero-order valence-electron chi connectivity index (χ0n) is 10.2. The zero-order valence-corrected chi connectivity index (χ0v) is 10.9. The summed E-state index contributed by atoms with van der Waals surface area (Å²) in [5, 5.41) is 0.643. The molecule has 2 N–H and O–H groups in total. The maximum atomic E-state index is 5.95. The summed E-state index contributed by atoms with van der Waals surface area (Å²) < 4.78 is 5.75. The first-order chi connectivity index (χ1) is 8.69. The lowest BCUT2D eigenvalue weighted by atomic mass is 10.2. The van der Waals surface area contributed by atoms with E-state index in [1.165, 1.54) is 0 Å². The molecule has 0 spiro atoms. The fraction of sp³-hybridized carbons (Fsp3) is 0.214. The van der Waals surface area contributed by atoms with Crippen molar-refractivity contribution in [1.82, 2.24) is 4.98 Å². The van der Waals surface area contributed by atoms with Crippen LogP contribution in [0.5, 0.6) is 5.75 Å². The summed E-state index contributed by atoms with van der Waals surface area (Å²) in [5.74, 6) is 0.728. The number of rotatable bonds is 4.